The molecular formula is C29H47MnN5O10. The second-order valence-electron chi connectivity index (χ2n) is 11.2. The van der Waals surface area contributed by atoms with Crippen molar-refractivity contribution in [2.45, 2.75) is 75.9 Å². The molecule has 2 bridgehead atoms. The first-order chi connectivity index (χ1) is 20.9. The summed E-state index contributed by atoms with van der Waals surface area (Å²) in [6.45, 7) is 0.887. The number of amides is 1. The van der Waals surface area contributed by atoms with Crippen LogP contribution in [0.4, 0.5) is 0 Å². The molecule has 1 aliphatic rings. The van der Waals surface area contributed by atoms with Crippen molar-refractivity contribution in [2.24, 2.45) is 0 Å². The molecule has 1 aromatic heterocycles. The van der Waals surface area contributed by atoms with Crippen LogP contribution < -0.4 is 5.32 Å². The van der Waals surface area contributed by atoms with Gasteiger partial charge in [0.15, 0.2) is 0 Å². The van der Waals surface area contributed by atoms with Crippen LogP contribution in [0, 0.1) is 0 Å². The van der Waals surface area contributed by atoms with Crippen LogP contribution in [0.5, 0.6) is 0 Å². The summed E-state index contributed by atoms with van der Waals surface area (Å²) < 4.78 is 0. The number of aliphatic hydroxyl groups is 4. The Labute approximate surface area is 273 Å². The number of ketones is 1. The first kappa shape index (κ1) is 40.5. The van der Waals surface area contributed by atoms with Gasteiger partial charge >= 0.3 is 11.9 Å². The molecular weight excluding hydrogens is 633 g/mol. The number of Topliss-reactive ketones (excluding diaryl/α,β-unsaturated/α-hetero) is 1. The summed E-state index contributed by atoms with van der Waals surface area (Å²) >= 11 is 0. The summed E-state index contributed by atoms with van der Waals surface area (Å²) in [4.78, 5) is 59.4. The smallest absolute Gasteiger partial charge is 0.320 e. The first-order valence-corrected chi connectivity index (χ1v) is 14.9. The maximum Gasteiger partial charge on any atom is 0.320 e. The molecule has 0 spiro atoms. The number of aliphatic carboxylic acids is 2. The van der Waals surface area contributed by atoms with Crippen LogP contribution >= 0.6 is 0 Å². The van der Waals surface area contributed by atoms with E-state index in [-0.39, 0.29) is 81.0 Å². The number of carboxylic acid groups (broad SMARTS) is 2. The zero-order chi connectivity index (χ0) is 32.6. The Bertz CT molecular complexity index is 1010. The molecule has 255 valence electrons. The number of rotatable bonds is 17. The minimum absolute atomic E-state index is 0. The number of nitrogens with one attached hydrogen (secondary N) is 1. The molecule has 0 saturated carbocycles. The summed E-state index contributed by atoms with van der Waals surface area (Å²) in [6.07, 6.45) is -1.91. The average Bonchev–Trinajstić information content (AvgIpc) is 2.99. The second kappa shape index (κ2) is 21.3. The molecule has 45 heavy (non-hydrogen) atoms. The van der Waals surface area contributed by atoms with Gasteiger partial charge in [0.2, 0.25) is 5.91 Å². The van der Waals surface area contributed by atoms with Crippen LogP contribution in [0.2, 0.25) is 0 Å². The third kappa shape index (κ3) is 15.1. The van der Waals surface area contributed by atoms with E-state index in [0.29, 0.717) is 37.6 Å². The molecule has 4 atom stereocenters. The van der Waals surface area contributed by atoms with E-state index < -0.39 is 55.4 Å². The van der Waals surface area contributed by atoms with Gasteiger partial charge in [-0.05, 0) is 38.4 Å². The zero-order valence-corrected chi connectivity index (χ0v) is 26.8. The fourth-order valence-corrected chi connectivity index (χ4v) is 4.94. The number of hydrogen-bond donors (Lipinski definition) is 7. The molecule has 1 aliphatic heterocycles. The molecule has 2 heterocycles. The van der Waals surface area contributed by atoms with Gasteiger partial charge in [0.05, 0.1) is 36.8 Å². The average molecular weight is 681 g/mol. The van der Waals surface area contributed by atoms with E-state index in [0.717, 1.165) is 0 Å². The van der Waals surface area contributed by atoms with Gasteiger partial charge in [0, 0.05) is 82.1 Å². The van der Waals surface area contributed by atoms with Crippen molar-refractivity contribution in [3.05, 3.63) is 29.6 Å². The van der Waals surface area contributed by atoms with Gasteiger partial charge < -0.3 is 40.9 Å². The molecule has 1 aromatic rings. The van der Waals surface area contributed by atoms with Crippen LogP contribution in [0.3, 0.4) is 0 Å². The van der Waals surface area contributed by atoms with Crippen molar-refractivity contribution in [1.82, 2.24) is 25.0 Å². The van der Waals surface area contributed by atoms with E-state index in [4.69, 9.17) is 10.2 Å². The zero-order valence-electron chi connectivity index (χ0n) is 25.6. The van der Waals surface area contributed by atoms with Gasteiger partial charge in [0.25, 0.3) is 0 Å². The third-order valence-electron chi connectivity index (χ3n) is 7.64. The predicted octanol–water partition coefficient (Wildman–Crippen LogP) is -1.73. The van der Waals surface area contributed by atoms with E-state index in [9.17, 15) is 39.6 Å². The van der Waals surface area contributed by atoms with E-state index >= 15 is 0 Å². The number of carboxylic acids is 2. The van der Waals surface area contributed by atoms with Crippen LogP contribution in [-0.2, 0) is 49.3 Å². The number of likely N-dealkylation sites (N-methyl/N-ethyl adjacent to an activating group) is 1. The van der Waals surface area contributed by atoms with Crippen molar-refractivity contribution in [1.29, 1.82) is 0 Å². The summed E-state index contributed by atoms with van der Waals surface area (Å²) in [5.74, 6) is -2.78. The molecule has 0 saturated heterocycles. The van der Waals surface area contributed by atoms with Crippen molar-refractivity contribution in [3.8, 4) is 0 Å². The molecule has 0 aromatic carbocycles. The molecule has 15 nitrogen and oxygen atoms in total. The number of pyridine rings is 1. The first-order valence-electron chi connectivity index (χ1n) is 14.9. The van der Waals surface area contributed by atoms with Gasteiger partial charge in [-0.3, -0.25) is 34.0 Å². The van der Waals surface area contributed by atoms with E-state index in [1.165, 1.54) is 0 Å². The Morgan fingerprint density at radius 3 is 1.78 bits per heavy atom. The number of nitrogens with zero attached hydrogens (tertiary/aromatic N) is 4. The Kier molecular flexibility index (Phi) is 19.2. The number of hydrogen-bond acceptors (Lipinski definition) is 12. The molecule has 4 unspecified atom stereocenters. The fourth-order valence-electron chi connectivity index (χ4n) is 4.94. The standard InChI is InChI=1S/C29H47N5O10.Mn/c1-32-11-13-33(25(28(41)42)8-7-22(37)5-6-23(38)18-35)16-20-3-2-4-21(31-20)17-34(14-12-32)26(29(43)44)9-10-27(40)30-15-24(39)19-36;/h2-4,23-26,35-36,38-39H,5-19H2,1H3,(H,30,40)(H,41,42)(H,43,44);. The van der Waals surface area contributed by atoms with Gasteiger partial charge in [0.1, 0.15) is 17.9 Å². The van der Waals surface area contributed by atoms with E-state index in [2.05, 4.69) is 10.3 Å². The third-order valence-corrected chi connectivity index (χ3v) is 7.64. The van der Waals surface area contributed by atoms with E-state index in [1.54, 1.807) is 28.0 Å². The topological polar surface area (TPSA) is 224 Å². The molecule has 1 amide bonds. The fraction of sp³-hybridized carbons (Fsp3) is 0.690. The summed E-state index contributed by atoms with van der Waals surface area (Å²) in [6, 6.07) is 3.34. The molecule has 0 aliphatic carbocycles. The van der Waals surface area contributed by atoms with Crippen LogP contribution in [-0.4, -0.2) is 151 Å². The van der Waals surface area contributed by atoms with Gasteiger partial charge in [-0.25, -0.2) is 0 Å². The van der Waals surface area contributed by atoms with Crippen LogP contribution in [0.1, 0.15) is 49.9 Å². The van der Waals surface area contributed by atoms with Crippen molar-refractivity contribution >= 4 is 23.6 Å². The number of carbonyl (C=O) groups is 4. The summed E-state index contributed by atoms with van der Waals surface area (Å²) in [5, 5.41) is 59.4. The molecule has 1 radical (unpaired) electrons. The number of aliphatic hydroxyl groups excluding tert-OH is 4. The number of fused-ring (bicyclic) bond motifs is 2. The van der Waals surface area contributed by atoms with Crippen molar-refractivity contribution in [3.63, 3.8) is 0 Å². The van der Waals surface area contributed by atoms with Crippen LogP contribution in [0.15, 0.2) is 18.2 Å². The normalized spacial score (nSPS) is 17.9. The molecule has 0 fully saturated rings. The van der Waals surface area contributed by atoms with Crippen molar-refractivity contribution in [2.75, 3.05) is 53.0 Å². The second-order valence-corrected chi connectivity index (χ2v) is 11.2. The Balaban J connectivity index is 0.0000101. The van der Waals surface area contributed by atoms with E-state index in [1.807, 2.05) is 11.9 Å². The van der Waals surface area contributed by atoms with Gasteiger partial charge in [-0.1, -0.05) is 6.07 Å². The maximum absolute atomic E-state index is 12.4. The SMILES string of the molecule is CN1CCN(C(CCC(=O)CCC(O)CO)C(=O)O)Cc2cccc(n2)CN(C(CCC(=O)NCC(O)CO)C(=O)O)CC1.[Mn]. The summed E-state index contributed by atoms with van der Waals surface area (Å²) in [5.41, 5.74) is 1.17. The minimum Gasteiger partial charge on any atom is -0.480 e. The molecule has 7 N–H and O–H groups in total. The van der Waals surface area contributed by atoms with Gasteiger partial charge in [-0.2, -0.15) is 0 Å². The molecule has 16 heteroatoms. The van der Waals surface area contributed by atoms with Crippen LogP contribution in [0.25, 0.3) is 0 Å². The Morgan fingerprint density at radius 2 is 1.29 bits per heavy atom. The maximum atomic E-state index is 12.4. The van der Waals surface area contributed by atoms with Crippen molar-refractivity contribution < 1.29 is 66.9 Å². The van der Waals surface area contributed by atoms with Gasteiger partial charge in [-0.15, -0.1) is 0 Å². The predicted molar refractivity (Wildman–Crippen MR) is 157 cm³/mol. The summed E-state index contributed by atoms with van der Waals surface area (Å²) in [7, 11) is 1.85. The Hall–Kier alpha value is -2.53. The quantitative estimate of drug-likeness (QED) is 0.0909. The largest absolute Gasteiger partial charge is 0.480 e. The Morgan fingerprint density at radius 1 is 0.800 bits per heavy atom. The molecule has 2 rings (SSSR count). The number of aromatic nitrogens is 1. The number of carbonyl (C=O) groups excluding carboxylic acids is 2. The monoisotopic (exact) mass is 680 g/mol. The minimum atomic E-state index is -1.10.